The largest absolute Gasteiger partial charge is 0.493 e. The number of halogens is 3. The molecule has 0 bridgehead atoms. The summed E-state index contributed by atoms with van der Waals surface area (Å²) in [4.78, 5) is 10.6. The number of ether oxygens (including phenoxy) is 1. The van der Waals surface area contributed by atoms with E-state index in [1.165, 1.54) is 12.5 Å². The maximum atomic E-state index is 12.8. The third kappa shape index (κ3) is 3.74. The molecule has 1 aromatic carbocycles. The second-order valence-corrected chi connectivity index (χ2v) is 5.18. The number of hydrogen-bond acceptors (Lipinski definition) is 2. The monoisotopic (exact) mass is 286 g/mol. The first-order valence-electron chi connectivity index (χ1n) is 6.80. The van der Waals surface area contributed by atoms with Gasteiger partial charge >= 0.3 is 6.18 Å². The van der Waals surface area contributed by atoms with Gasteiger partial charge in [0.2, 0.25) is 0 Å². The van der Waals surface area contributed by atoms with Crippen molar-refractivity contribution in [2.24, 2.45) is 5.92 Å². The van der Waals surface area contributed by atoms with E-state index in [9.17, 15) is 18.0 Å². The first kappa shape index (κ1) is 14.9. The molecule has 0 aliphatic heterocycles. The Morgan fingerprint density at radius 3 is 2.50 bits per heavy atom. The van der Waals surface area contributed by atoms with Crippen LogP contribution in [0.25, 0.3) is 0 Å². The van der Waals surface area contributed by atoms with E-state index in [2.05, 4.69) is 0 Å². The first-order valence-corrected chi connectivity index (χ1v) is 6.80. The summed E-state index contributed by atoms with van der Waals surface area (Å²) in [6.45, 7) is 0.442. The van der Waals surface area contributed by atoms with E-state index in [1.54, 1.807) is 0 Å². The molecule has 0 radical (unpaired) electrons. The summed E-state index contributed by atoms with van der Waals surface area (Å²) in [5.74, 6) is 0.595. The highest BCUT2D eigenvalue weighted by molar-refractivity contribution is 5.78. The van der Waals surface area contributed by atoms with Crippen LogP contribution in [0.5, 0.6) is 5.75 Å². The molecule has 0 saturated heterocycles. The molecule has 0 atom stereocenters. The Labute approximate surface area is 115 Å². The molecule has 1 aliphatic rings. The van der Waals surface area contributed by atoms with Gasteiger partial charge in [-0.15, -0.1) is 0 Å². The van der Waals surface area contributed by atoms with Crippen LogP contribution in [0.3, 0.4) is 0 Å². The molecule has 0 heterocycles. The molecule has 1 fully saturated rings. The summed E-state index contributed by atoms with van der Waals surface area (Å²) in [5, 5.41) is 0. The summed E-state index contributed by atoms with van der Waals surface area (Å²) in [5.41, 5.74) is -1.30. The van der Waals surface area contributed by atoms with Crippen molar-refractivity contribution in [3.05, 3.63) is 29.3 Å². The Morgan fingerprint density at radius 2 is 1.90 bits per heavy atom. The molecule has 0 unspecified atom stereocenters. The lowest BCUT2D eigenvalue weighted by Gasteiger charge is -2.22. The van der Waals surface area contributed by atoms with Crippen LogP contribution in [0.1, 0.15) is 48.0 Å². The van der Waals surface area contributed by atoms with Crippen LogP contribution < -0.4 is 4.74 Å². The van der Waals surface area contributed by atoms with Gasteiger partial charge in [-0.05, 0) is 37.0 Å². The van der Waals surface area contributed by atoms with E-state index in [4.69, 9.17) is 4.74 Å². The van der Waals surface area contributed by atoms with Crippen LogP contribution >= 0.6 is 0 Å². The van der Waals surface area contributed by atoms with Gasteiger partial charge in [0, 0.05) is 5.56 Å². The summed E-state index contributed by atoms with van der Waals surface area (Å²) in [7, 11) is 0. The lowest BCUT2D eigenvalue weighted by atomic mass is 9.90. The highest BCUT2D eigenvalue weighted by atomic mass is 19.4. The van der Waals surface area contributed by atoms with E-state index >= 15 is 0 Å². The van der Waals surface area contributed by atoms with Gasteiger partial charge in [-0.3, -0.25) is 4.79 Å². The maximum absolute atomic E-state index is 12.8. The van der Waals surface area contributed by atoms with Crippen LogP contribution in [0.2, 0.25) is 0 Å². The molecule has 0 N–H and O–H groups in total. The Balaban J connectivity index is 2.06. The minimum Gasteiger partial charge on any atom is -0.493 e. The van der Waals surface area contributed by atoms with Crippen molar-refractivity contribution in [3.8, 4) is 5.75 Å². The number of carbonyl (C=O) groups is 1. The molecule has 1 aliphatic carbocycles. The summed E-state index contributed by atoms with van der Waals surface area (Å²) < 4.78 is 43.9. The van der Waals surface area contributed by atoms with Gasteiger partial charge in [0.1, 0.15) is 5.75 Å². The highest BCUT2D eigenvalue weighted by Crippen LogP contribution is 2.34. The quantitative estimate of drug-likeness (QED) is 0.763. The molecule has 1 aromatic rings. The van der Waals surface area contributed by atoms with Gasteiger partial charge in [0.15, 0.2) is 6.29 Å². The zero-order valence-electron chi connectivity index (χ0n) is 11.1. The van der Waals surface area contributed by atoms with Gasteiger partial charge < -0.3 is 4.74 Å². The average molecular weight is 286 g/mol. The fourth-order valence-electron chi connectivity index (χ4n) is 2.54. The van der Waals surface area contributed by atoms with Gasteiger partial charge in [-0.1, -0.05) is 19.3 Å². The van der Waals surface area contributed by atoms with Crippen molar-refractivity contribution < 1.29 is 22.7 Å². The second-order valence-electron chi connectivity index (χ2n) is 5.18. The molecule has 0 amide bonds. The SMILES string of the molecule is O=Cc1ccc(OCC2CCCCC2)cc1C(F)(F)F. The molecular formula is C15H17F3O2. The molecule has 20 heavy (non-hydrogen) atoms. The van der Waals surface area contributed by atoms with Crippen LogP contribution in [-0.2, 0) is 6.18 Å². The van der Waals surface area contributed by atoms with E-state index in [-0.39, 0.29) is 17.6 Å². The Hall–Kier alpha value is -1.52. The van der Waals surface area contributed by atoms with Crippen LogP contribution in [0.4, 0.5) is 13.2 Å². The van der Waals surface area contributed by atoms with Crippen LogP contribution in [0.15, 0.2) is 18.2 Å². The summed E-state index contributed by atoms with van der Waals surface area (Å²) in [6.07, 6.45) is 1.35. The summed E-state index contributed by atoms with van der Waals surface area (Å²) >= 11 is 0. The third-order valence-electron chi connectivity index (χ3n) is 3.67. The number of aldehydes is 1. The van der Waals surface area contributed by atoms with Crippen LogP contribution in [-0.4, -0.2) is 12.9 Å². The van der Waals surface area contributed by atoms with Crippen LogP contribution in [0, 0.1) is 5.92 Å². The topological polar surface area (TPSA) is 26.3 Å². The Bertz CT molecular complexity index is 463. The first-order chi connectivity index (χ1) is 9.50. The van der Waals surface area contributed by atoms with Crippen molar-refractivity contribution in [2.45, 2.75) is 38.3 Å². The zero-order chi connectivity index (χ0) is 14.6. The molecule has 0 aromatic heterocycles. The van der Waals surface area contributed by atoms with E-state index in [1.807, 2.05) is 0 Å². The second kappa shape index (κ2) is 6.29. The smallest absolute Gasteiger partial charge is 0.417 e. The zero-order valence-corrected chi connectivity index (χ0v) is 11.1. The molecule has 2 rings (SSSR count). The van der Waals surface area contributed by atoms with Gasteiger partial charge in [0.25, 0.3) is 0 Å². The number of alkyl halides is 3. The normalized spacial score (nSPS) is 16.9. The van der Waals surface area contributed by atoms with Crippen molar-refractivity contribution in [1.29, 1.82) is 0 Å². The fraction of sp³-hybridized carbons (Fsp3) is 0.533. The number of rotatable bonds is 4. The van der Waals surface area contributed by atoms with Gasteiger partial charge in [-0.2, -0.15) is 13.2 Å². The molecule has 2 nitrogen and oxygen atoms in total. The molecular weight excluding hydrogens is 269 g/mol. The lowest BCUT2D eigenvalue weighted by molar-refractivity contribution is -0.137. The highest BCUT2D eigenvalue weighted by Gasteiger charge is 2.33. The summed E-state index contributed by atoms with van der Waals surface area (Å²) in [6, 6.07) is 3.49. The number of hydrogen-bond donors (Lipinski definition) is 0. The number of benzene rings is 1. The molecule has 1 saturated carbocycles. The average Bonchev–Trinajstić information content (AvgIpc) is 2.45. The fourth-order valence-corrected chi connectivity index (χ4v) is 2.54. The van der Waals surface area contributed by atoms with Gasteiger partial charge in [-0.25, -0.2) is 0 Å². The van der Waals surface area contributed by atoms with Crippen molar-refractivity contribution in [1.82, 2.24) is 0 Å². The van der Waals surface area contributed by atoms with E-state index in [0.717, 1.165) is 37.8 Å². The van der Waals surface area contributed by atoms with E-state index < -0.39 is 11.7 Å². The van der Waals surface area contributed by atoms with Crippen molar-refractivity contribution >= 4 is 6.29 Å². The Morgan fingerprint density at radius 1 is 1.20 bits per heavy atom. The van der Waals surface area contributed by atoms with E-state index in [0.29, 0.717) is 12.5 Å². The lowest BCUT2D eigenvalue weighted by Crippen LogP contribution is -2.16. The maximum Gasteiger partial charge on any atom is 0.417 e. The van der Waals surface area contributed by atoms with Gasteiger partial charge in [0.05, 0.1) is 12.2 Å². The number of carbonyl (C=O) groups excluding carboxylic acids is 1. The Kier molecular flexibility index (Phi) is 4.68. The minimum absolute atomic E-state index is 0.175. The van der Waals surface area contributed by atoms with Crippen molar-refractivity contribution in [2.75, 3.05) is 6.61 Å². The predicted octanol–water partition coefficient (Wildman–Crippen LogP) is 4.48. The molecule has 0 spiro atoms. The molecule has 5 heteroatoms. The van der Waals surface area contributed by atoms with Crippen molar-refractivity contribution in [3.63, 3.8) is 0 Å². The third-order valence-corrected chi connectivity index (χ3v) is 3.67. The minimum atomic E-state index is -4.54. The predicted molar refractivity (Wildman–Crippen MR) is 68.9 cm³/mol. The molecule has 110 valence electrons. The standard InChI is InChI=1S/C15H17F3O2/c16-15(17,18)14-8-13(7-6-12(14)9-19)20-10-11-4-2-1-3-5-11/h6-9,11H,1-5,10H2.